The molecule has 9 heteroatoms. The molecule has 0 aliphatic heterocycles. The molecule has 8 saturated carbocycles. The minimum absolute atomic E-state index is 0. The third-order valence-electron chi connectivity index (χ3n) is 20.6. The zero-order valence-corrected chi connectivity index (χ0v) is 38.0. The second kappa shape index (κ2) is 16.7. The third-order valence-corrected chi connectivity index (χ3v) is 20.6. The molecule has 320 valence electrons. The first-order valence-corrected chi connectivity index (χ1v) is 23.5. The molecule has 8 fully saturated rings. The summed E-state index contributed by atoms with van der Waals surface area (Å²) in [5, 5.41) is 61.5. The Morgan fingerprint density at radius 3 is 1.21 bits per heavy atom. The van der Waals surface area contributed by atoms with E-state index >= 15 is 0 Å². The minimum Gasteiger partial charge on any atom is -0.544 e. The van der Waals surface area contributed by atoms with Gasteiger partial charge in [-0.15, -0.1) is 0 Å². The average Bonchev–Trinajstić information content (AvgIpc) is 3.68. The molecule has 57 heavy (non-hydrogen) atoms. The zero-order chi connectivity index (χ0) is 40.6. The summed E-state index contributed by atoms with van der Waals surface area (Å²) in [6.07, 6.45) is 26.2. The number of carbonyl (C=O) groups is 2. The summed E-state index contributed by atoms with van der Waals surface area (Å²) in [6, 6.07) is 0. The van der Waals surface area contributed by atoms with Crippen LogP contribution in [-0.2, 0) is 9.59 Å². The molecule has 8 nitrogen and oxygen atoms in total. The standard InChI is InChI=1S/2C24H40O4.Mg/c2*1-15(14-24(27,28)21(25)26)18-9-10-19-17-8-7-16-6-4-5-12-22(16,2)20(17)11-13-23(18,19)3;/h2*15-20,27-28H,4-14H2,1-3H3,(H,25,26);/q;;+2/p-2/t2*15-,16?,17+,18-,19+,20+,22+,23-;/m11./s1. The normalized spacial score (nSPS) is 46.1. The number of aliphatic hydroxyl groups is 4. The van der Waals surface area contributed by atoms with Crippen LogP contribution in [0.2, 0.25) is 0 Å². The molecule has 0 aromatic carbocycles. The molecule has 0 heterocycles. The van der Waals surface area contributed by atoms with Crippen molar-refractivity contribution in [1.29, 1.82) is 0 Å². The van der Waals surface area contributed by atoms with E-state index in [2.05, 4.69) is 27.7 Å². The quantitative estimate of drug-likeness (QED) is 0.158. The van der Waals surface area contributed by atoms with Crippen LogP contribution < -0.4 is 10.2 Å². The largest absolute Gasteiger partial charge is 2.00 e. The molecule has 0 amide bonds. The maximum atomic E-state index is 11.1. The molecule has 16 atom stereocenters. The van der Waals surface area contributed by atoms with E-state index in [-0.39, 0.29) is 58.6 Å². The fourth-order valence-corrected chi connectivity index (χ4v) is 17.9. The second-order valence-corrected chi connectivity index (χ2v) is 22.8. The number of carbonyl (C=O) groups excluding carboxylic acids is 2. The van der Waals surface area contributed by atoms with Gasteiger partial charge in [0, 0.05) is 12.8 Å². The number of hydrogen-bond acceptors (Lipinski definition) is 8. The van der Waals surface area contributed by atoms with Crippen molar-refractivity contribution in [3.05, 3.63) is 0 Å². The minimum atomic E-state index is -2.71. The van der Waals surface area contributed by atoms with Gasteiger partial charge in [0.2, 0.25) is 11.6 Å². The van der Waals surface area contributed by atoms with Crippen molar-refractivity contribution in [3.63, 3.8) is 0 Å². The van der Waals surface area contributed by atoms with E-state index in [4.69, 9.17) is 0 Å². The number of aliphatic carboxylic acids is 2. The summed E-state index contributed by atoms with van der Waals surface area (Å²) in [5.74, 6) is -1.66. The first-order chi connectivity index (χ1) is 26.2. The number of fused-ring (bicyclic) bond motifs is 10. The Morgan fingerprint density at radius 2 is 0.860 bits per heavy atom. The SMILES string of the molecule is C[C@H](CC(O)(O)C(=O)[O-])[C@H]1CC[C@H]2[C@@H]3CCC4CCCC[C@]4(C)[C@H]3CC[C@]12C.C[C@H](CC(O)(O)C(=O)[O-])[C@H]1CC[C@H]2[C@@H]3CCC4CCCC[C@]4(C)[C@H]3CC[C@]12C.[Mg+2]. The average molecular weight is 807 g/mol. The molecule has 2 unspecified atom stereocenters. The smallest absolute Gasteiger partial charge is 0.544 e. The molecule has 0 aromatic rings. The first kappa shape index (κ1) is 46.1. The van der Waals surface area contributed by atoms with E-state index in [1.54, 1.807) is 0 Å². The summed E-state index contributed by atoms with van der Waals surface area (Å²) in [6.45, 7) is 14.1. The molecule has 0 radical (unpaired) electrons. The van der Waals surface area contributed by atoms with Gasteiger partial charge in [-0.3, -0.25) is 0 Å². The van der Waals surface area contributed by atoms with Gasteiger partial charge in [-0.1, -0.05) is 67.2 Å². The monoisotopic (exact) mass is 807 g/mol. The molecular weight excluding hydrogens is 729 g/mol. The summed E-state index contributed by atoms with van der Waals surface area (Å²) < 4.78 is 0. The van der Waals surface area contributed by atoms with Gasteiger partial charge in [-0.05, 0) is 195 Å². The number of rotatable bonds is 8. The summed E-state index contributed by atoms with van der Waals surface area (Å²) >= 11 is 0. The van der Waals surface area contributed by atoms with Gasteiger partial charge in [0.25, 0.3) is 0 Å². The van der Waals surface area contributed by atoms with Gasteiger partial charge in [-0.25, -0.2) is 0 Å². The fourth-order valence-electron chi connectivity index (χ4n) is 17.9. The van der Waals surface area contributed by atoms with E-state index in [0.717, 1.165) is 48.3 Å². The van der Waals surface area contributed by atoms with E-state index in [9.17, 15) is 40.2 Å². The van der Waals surface area contributed by atoms with E-state index in [1.165, 1.54) is 116 Å². The summed E-state index contributed by atoms with van der Waals surface area (Å²) in [7, 11) is 0. The van der Waals surface area contributed by atoms with Crippen LogP contribution in [0.3, 0.4) is 0 Å². The Bertz CT molecular complexity index is 1340. The van der Waals surface area contributed by atoms with E-state index in [0.29, 0.717) is 34.5 Å². The van der Waals surface area contributed by atoms with Crippen molar-refractivity contribution in [2.75, 3.05) is 0 Å². The molecule has 8 rings (SSSR count). The van der Waals surface area contributed by atoms with Crippen molar-refractivity contribution >= 4 is 35.0 Å². The van der Waals surface area contributed by atoms with E-state index in [1.807, 2.05) is 13.8 Å². The van der Waals surface area contributed by atoms with Crippen LogP contribution in [0.25, 0.3) is 0 Å². The van der Waals surface area contributed by atoms with Crippen LogP contribution in [0.5, 0.6) is 0 Å². The van der Waals surface area contributed by atoms with E-state index < -0.39 is 23.5 Å². The molecule has 0 aromatic heterocycles. The van der Waals surface area contributed by atoms with Crippen molar-refractivity contribution < 1.29 is 40.2 Å². The molecule has 8 aliphatic rings. The predicted molar refractivity (Wildman–Crippen MR) is 217 cm³/mol. The molecule has 4 N–H and O–H groups in total. The topological polar surface area (TPSA) is 161 Å². The van der Waals surface area contributed by atoms with Crippen LogP contribution in [0.1, 0.15) is 183 Å². The van der Waals surface area contributed by atoms with Crippen molar-refractivity contribution in [2.45, 2.75) is 194 Å². The molecule has 0 spiro atoms. The van der Waals surface area contributed by atoms with Crippen LogP contribution in [-0.4, -0.2) is 67.0 Å². The molecule has 8 aliphatic carbocycles. The first-order valence-electron chi connectivity index (χ1n) is 23.5. The van der Waals surface area contributed by atoms with Gasteiger partial charge >= 0.3 is 23.1 Å². The van der Waals surface area contributed by atoms with Gasteiger partial charge in [0.1, 0.15) is 11.9 Å². The van der Waals surface area contributed by atoms with Gasteiger partial charge in [0.05, 0.1) is 0 Å². The summed E-state index contributed by atoms with van der Waals surface area (Å²) in [4.78, 5) is 22.2. The van der Waals surface area contributed by atoms with Crippen LogP contribution in [0.15, 0.2) is 0 Å². The van der Waals surface area contributed by atoms with Crippen molar-refractivity contribution in [3.8, 4) is 0 Å². The molecule has 0 saturated heterocycles. The van der Waals surface area contributed by atoms with Gasteiger partial charge in [0.15, 0.2) is 0 Å². The maximum Gasteiger partial charge on any atom is 2.00 e. The fraction of sp³-hybridized carbons (Fsp3) is 0.958. The Labute approximate surface area is 360 Å². The van der Waals surface area contributed by atoms with Crippen molar-refractivity contribution in [1.82, 2.24) is 0 Å². The van der Waals surface area contributed by atoms with Crippen LogP contribution in [0.4, 0.5) is 0 Å². The number of hydrogen-bond donors (Lipinski definition) is 4. The summed E-state index contributed by atoms with van der Waals surface area (Å²) in [5.41, 5.74) is 1.49. The zero-order valence-electron chi connectivity index (χ0n) is 36.6. The third kappa shape index (κ3) is 7.95. The Hall–Kier alpha value is -0.454. The predicted octanol–water partition coefficient (Wildman–Crippen LogP) is 6.60. The van der Waals surface area contributed by atoms with Crippen LogP contribution in [0, 0.1) is 92.7 Å². The second-order valence-electron chi connectivity index (χ2n) is 22.8. The number of carboxylic acids is 2. The molecule has 0 bridgehead atoms. The molecular formula is C48H78MgO8. The Balaban J connectivity index is 0.000000189. The maximum absolute atomic E-state index is 11.1. The van der Waals surface area contributed by atoms with Gasteiger partial charge in [-0.2, -0.15) is 0 Å². The number of carboxylic acid groups (broad SMARTS) is 2. The van der Waals surface area contributed by atoms with Crippen LogP contribution >= 0.6 is 0 Å². The Kier molecular flexibility index (Phi) is 13.5. The van der Waals surface area contributed by atoms with Crippen molar-refractivity contribution in [2.24, 2.45) is 92.7 Å². The van der Waals surface area contributed by atoms with Gasteiger partial charge < -0.3 is 40.2 Å². The Morgan fingerprint density at radius 1 is 0.509 bits per heavy atom.